The molecule has 0 saturated carbocycles. The zero-order valence-electron chi connectivity index (χ0n) is 19.7. The number of carbonyl (C=O) groups excluding carboxylic acids is 1. The highest BCUT2D eigenvalue weighted by molar-refractivity contribution is 5.95. The van der Waals surface area contributed by atoms with Gasteiger partial charge in [0.2, 0.25) is 0 Å². The lowest BCUT2D eigenvalue weighted by Crippen LogP contribution is -3.00. The molecule has 0 bridgehead atoms. The minimum Gasteiger partial charge on any atom is -1.00 e. The van der Waals surface area contributed by atoms with E-state index in [0.717, 1.165) is 41.6 Å². The maximum atomic E-state index is 13.4. The number of benzene rings is 3. The summed E-state index contributed by atoms with van der Waals surface area (Å²) in [6, 6.07) is 18.2. The van der Waals surface area contributed by atoms with Crippen molar-refractivity contribution in [1.82, 2.24) is 14.9 Å². The lowest BCUT2D eigenvalue weighted by atomic mass is 10.1. The van der Waals surface area contributed by atoms with Gasteiger partial charge in [0, 0.05) is 19.4 Å². The van der Waals surface area contributed by atoms with Gasteiger partial charge in [-0.05, 0) is 53.1 Å². The van der Waals surface area contributed by atoms with E-state index in [1.807, 2.05) is 22.8 Å². The molecule has 0 unspecified atom stereocenters. The van der Waals surface area contributed by atoms with Gasteiger partial charge >= 0.3 is 0 Å². The number of aromatic nitrogens is 2. The van der Waals surface area contributed by atoms with Crippen LogP contribution in [0.4, 0.5) is 8.78 Å². The SMILES string of the molecule is [Cl-].[Cl-].[NH3+]CCC[C@H]([NH3+])CNC(=O)c1nc2ccc(-c3ccc(F)cc3)cc2n1Cc1ccc(F)cc1. The molecule has 1 aromatic heterocycles. The Morgan fingerprint density at radius 3 is 2.19 bits per heavy atom. The highest BCUT2D eigenvalue weighted by Crippen LogP contribution is 2.26. The summed E-state index contributed by atoms with van der Waals surface area (Å²) in [5, 5.41) is 2.95. The predicted molar refractivity (Wildman–Crippen MR) is 127 cm³/mol. The Hall–Kier alpha value is -3.04. The van der Waals surface area contributed by atoms with Gasteiger partial charge in [-0.15, -0.1) is 0 Å². The molecule has 0 spiro atoms. The van der Waals surface area contributed by atoms with Crippen molar-refractivity contribution in [2.24, 2.45) is 0 Å². The maximum absolute atomic E-state index is 13.4. The average Bonchev–Trinajstić information content (AvgIpc) is 3.20. The minimum absolute atomic E-state index is 0. The Balaban J connectivity index is 0.00000228. The van der Waals surface area contributed by atoms with Crippen LogP contribution in [-0.4, -0.2) is 34.6 Å². The van der Waals surface area contributed by atoms with Crippen molar-refractivity contribution in [3.8, 4) is 11.1 Å². The monoisotopic (exact) mass is 535 g/mol. The van der Waals surface area contributed by atoms with Gasteiger partial charge in [-0.2, -0.15) is 0 Å². The number of nitrogens with zero attached hydrogens (tertiary/aromatic N) is 2. The van der Waals surface area contributed by atoms with Crippen LogP contribution in [0.3, 0.4) is 0 Å². The number of carbonyl (C=O) groups is 1. The fourth-order valence-corrected chi connectivity index (χ4v) is 3.90. The summed E-state index contributed by atoms with van der Waals surface area (Å²) in [6.45, 7) is 1.63. The number of amides is 1. The first-order valence-electron chi connectivity index (χ1n) is 11.4. The largest absolute Gasteiger partial charge is 1.00 e. The molecular formula is C26H29Cl2F2N5O. The van der Waals surface area contributed by atoms with Gasteiger partial charge in [-0.25, -0.2) is 13.8 Å². The Bertz CT molecular complexity index is 1280. The molecule has 0 aliphatic carbocycles. The van der Waals surface area contributed by atoms with E-state index in [1.165, 1.54) is 24.3 Å². The van der Waals surface area contributed by atoms with Gasteiger partial charge in [0.1, 0.15) is 17.7 Å². The summed E-state index contributed by atoms with van der Waals surface area (Å²) in [5.74, 6) is -0.631. The van der Waals surface area contributed by atoms with Crippen molar-refractivity contribution in [3.63, 3.8) is 0 Å². The van der Waals surface area contributed by atoms with Crippen LogP contribution >= 0.6 is 0 Å². The smallest absolute Gasteiger partial charge is 0.287 e. The standard InChI is InChI=1S/C26H27F2N5O.2ClH/c27-20-8-3-17(4-9-20)16-33-24-14-19(18-5-10-21(28)11-6-18)7-12-23(24)32-25(33)26(34)31-15-22(30)2-1-13-29;;/h3-12,14,22H,1-2,13,15-16,29-30H2,(H,31,34);2*1H/t22-;;/m0../s1. The van der Waals surface area contributed by atoms with Crippen LogP contribution < -0.4 is 41.6 Å². The molecule has 1 atom stereocenters. The van der Waals surface area contributed by atoms with Gasteiger partial charge in [0.25, 0.3) is 5.91 Å². The molecule has 6 nitrogen and oxygen atoms in total. The molecule has 192 valence electrons. The Labute approximate surface area is 220 Å². The predicted octanol–water partition coefficient (Wildman–Crippen LogP) is -3.60. The van der Waals surface area contributed by atoms with Gasteiger partial charge < -0.3 is 46.2 Å². The van der Waals surface area contributed by atoms with Crippen molar-refractivity contribution in [2.75, 3.05) is 13.1 Å². The normalized spacial score (nSPS) is 11.4. The van der Waals surface area contributed by atoms with Crippen molar-refractivity contribution in [1.29, 1.82) is 0 Å². The third-order valence-corrected chi connectivity index (χ3v) is 5.80. The molecule has 0 aliphatic rings. The number of quaternary nitrogens is 2. The lowest BCUT2D eigenvalue weighted by Gasteiger charge is -2.12. The van der Waals surface area contributed by atoms with E-state index in [-0.39, 0.29) is 54.2 Å². The summed E-state index contributed by atoms with van der Waals surface area (Å²) in [7, 11) is 0. The third kappa shape index (κ3) is 7.01. The Morgan fingerprint density at radius 1 is 0.944 bits per heavy atom. The van der Waals surface area contributed by atoms with Crippen LogP contribution in [0.15, 0.2) is 66.7 Å². The first-order valence-corrected chi connectivity index (χ1v) is 11.4. The highest BCUT2D eigenvalue weighted by Gasteiger charge is 2.20. The molecule has 1 heterocycles. The molecular weight excluding hydrogens is 507 g/mol. The molecule has 0 saturated heterocycles. The summed E-state index contributed by atoms with van der Waals surface area (Å²) < 4.78 is 28.7. The van der Waals surface area contributed by atoms with Crippen LogP contribution in [0.25, 0.3) is 22.2 Å². The van der Waals surface area contributed by atoms with E-state index in [1.54, 1.807) is 24.3 Å². The molecule has 10 heteroatoms. The van der Waals surface area contributed by atoms with E-state index in [0.29, 0.717) is 18.6 Å². The molecule has 4 aromatic rings. The van der Waals surface area contributed by atoms with Crippen LogP contribution in [0.1, 0.15) is 29.0 Å². The third-order valence-electron chi connectivity index (χ3n) is 5.80. The molecule has 7 N–H and O–H groups in total. The Morgan fingerprint density at radius 2 is 1.56 bits per heavy atom. The number of hydrogen-bond acceptors (Lipinski definition) is 2. The topological polar surface area (TPSA) is 102 Å². The van der Waals surface area contributed by atoms with Gasteiger partial charge in [0.15, 0.2) is 5.82 Å². The second-order valence-electron chi connectivity index (χ2n) is 8.43. The molecule has 0 fully saturated rings. The summed E-state index contributed by atoms with van der Waals surface area (Å²) in [5.41, 5.74) is 12.0. The average molecular weight is 536 g/mol. The zero-order valence-corrected chi connectivity index (χ0v) is 21.2. The van der Waals surface area contributed by atoms with Crippen LogP contribution in [0.2, 0.25) is 0 Å². The van der Waals surface area contributed by atoms with E-state index >= 15 is 0 Å². The number of rotatable bonds is 9. The highest BCUT2D eigenvalue weighted by atomic mass is 35.5. The number of fused-ring (bicyclic) bond motifs is 1. The van der Waals surface area contributed by atoms with E-state index < -0.39 is 0 Å². The molecule has 0 radical (unpaired) electrons. The van der Waals surface area contributed by atoms with Crippen molar-refractivity contribution >= 4 is 16.9 Å². The maximum Gasteiger partial charge on any atom is 0.287 e. The summed E-state index contributed by atoms with van der Waals surface area (Å²) >= 11 is 0. The van der Waals surface area contributed by atoms with Crippen molar-refractivity contribution < 1.29 is 49.9 Å². The molecule has 1 amide bonds. The van der Waals surface area contributed by atoms with Crippen molar-refractivity contribution in [3.05, 3.63) is 89.8 Å². The summed E-state index contributed by atoms with van der Waals surface area (Å²) in [4.78, 5) is 17.7. The fraction of sp³-hybridized carbons (Fsp3) is 0.231. The second kappa shape index (κ2) is 13.3. The van der Waals surface area contributed by atoms with E-state index in [2.05, 4.69) is 21.8 Å². The number of halogens is 4. The number of imidazole rings is 1. The molecule has 4 rings (SSSR count). The van der Waals surface area contributed by atoms with Crippen LogP contribution in [0.5, 0.6) is 0 Å². The van der Waals surface area contributed by atoms with Gasteiger partial charge in [-0.3, -0.25) is 4.79 Å². The van der Waals surface area contributed by atoms with E-state index in [4.69, 9.17) is 0 Å². The minimum atomic E-state index is -0.320. The molecule has 3 aromatic carbocycles. The number of hydrogen-bond donors (Lipinski definition) is 3. The first kappa shape index (κ1) is 29.2. The first-order chi connectivity index (χ1) is 16.4. The number of nitrogens with one attached hydrogen (secondary N) is 1. The molecule has 36 heavy (non-hydrogen) atoms. The zero-order chi connectivity index (χ0) is 24.1. The summed E-state index contributed by atoms with van der Waals surface area (Å²) in [6.07, 6.45) is 1.84. The molecule has 0 aliphatic heterocycles. The van der Waals surface area contributed by atoms with Gasteiger partial charge in [-0.1, -0.05) is 30.3 Å². The van der Waals surface area contributed by atoms with Gasteiger partial charge in [0.05, 0.1) is 24.1 Å². The fourth-order valence-electron chi connectivity index (χ4n) is 3.90. The van der Waals surface area contributed by atoms with Crippen LogP contribution in [0, 0.1) is 11.6 Å². The van der Waals surface area contributed by atoms with E-state index in [9.17, 15) is 13.6 Å². The quantitative estimate of drug-likeness (QED) is 0.206. The second-order valence-corrected chi connectivity index (χ2v) is 8.43. The Kier molecular flexibility index (Phi) is 10.8. The lowest BCUT2D eigenvalue weighted by molar-refractivity contribution is -0.423. The van der Waals surface area contributed by atoms with Crippen molar-refractivity contribution in [2.45, 2.75) is 25.4 Å². The van der Waals surface area contributed by atoms with Crippen LogP contribution in [-0.2, 0) is 6.54 Å².